The van der Waals surface area contributed by atoms with Gasteiger partial charge in [-0.05, 0) is 299 Å². The molecular formula is C136H293N3O10. The van der Waals surface area contributed by atoms with E-state index in [0.29, 0.717) is 74.1 Å². The van der Waals surface area contributed by atoms with Crippen molar-refractivity contribution in [3.8, 4) is 0 Å². The van der Waals surface area contributed by atoms with Crippen molar-refractivity contribution in [2.24, 2.45) is 114 Å². The normalized spacial score (nSPS) is 17.0. The minimum absolute atomic E-state index is 0.106. The minimum atomic E-state index is -0.351. The van der Waals surface area contributed by atoms with Crippen LogP contribution < -0.4 is 0 Å². The summed E-state index contributed by atoms with van der Waals surface area (Å²) < 4.78 is 5.92. The number of aliphatic hydroxyl groups is 8. The van der Waals surface area contributed by atoms with Crippen molar-refractivity contribution in [3.63, 3.8) is 0 Å². The Bertz CT molecular complexity index is 2690. The molecule has 2 aliphatic heterocycles. The fourth-order valence-corrected chi connectivity index (χ4v) is 17.5. The summed E-state index contributed by atoms with van der Waals surface area (Å²) in [6.07, 6.45) is 48.6. The Hall–Kier alpha value is -1.42. The van der Waals surface area contributed by atoms with Gasteiger partial charge in [0, 0.05) is 19.3 Å². The zero-order chi connectivity index (χ0) is 121. The van der Waals surface area contributed by atoms with Gasteiger partial charge in [-0.1, -0.05) is 486 Å². The third-order valence-electron chi connectivity index (χ3n) is 25.1. The number of ketones is 1. The number of rotatable bonds is 28. The first kappa shape index (κ1) is 172. The van der Waals surface area contributed by atoms with Crippen LogP contribution in [-0.4, -0.2) is 120 Å². The molecule has 13 nitrogen and oxygen atoms in total. The maximum absolute atomic E-state index is 11.3. The van der Waals surface area contributed by atoms with Crippen molar-refractivity contribution in [2.45, 2.75) is 766 Å². The standard InChI is InChI=1S/C12H24O.C11H22O.2C10H20.C9H17N3O.6C8H18O.C8H18.C7H16O.3C7H16/c1-5-6-8-11(13)9-7-10-12(2,3)4;1-10(2,3)8-9-6-7-11(4,5)12-9;2*1-10(2,3)9-7-5-4-6-8-9;1-9(2,3)5-7(13)4-8-10-6-11-12-8;6*1-5-7(9)6-8(2,3)4;1-5-6-7-8(2,3)4;1-6(8)5-7(2,3)4;3*1-5-6-7(2,3)4/h5-10H2,1-4H3;9H,6-8H2,1-5H3;2*9H,4-8H2,1-3H3;7,13H,4-6H2,1-3H3;6*7,9H,5-6H2,1-4H3;5-7H2,1-4H3;6,8H,5H2,1-4H3;3*5-6H2,1-4H3. The fourth-order valence-electron chi connectivity index (χ4n) is 17.5. The van der Waals surface area contributed by atoms with Gasteiger partial charge in [-0.2, -0.15) is 5.11 Å². The van der Waals surface area contributed by atoms with Crippen LogP contribution in [0, 0.1) is 98.5 Å². The van der Waals surface area contributed by atoms with Gasteiger partial charge in [-0.3, -0.25) is 4.79 Å². The van der Waals surface area contributed by atoms with Gasteiger partial charge in [0.05, 0.1) is 60.5 Å². The van der Waals surface area contributed by atoms with Crippen molar-refractivity contribution in [3.05, 3.63) is 0 Å². The lowest BCUT2D eigenvalue weighted by atomic mass is 9.72. The molecular weight excluding hydrogens is 1840 g/mol. The molecule has 149 heavy (non-hydrogen) atoms. The molecule has 1 saturated heterocycles. The van der Waals surface area contributed by atoms with Crippen molar-refractivity contribution in [1.82, 2.24) is 0 Å². The van der Waals surface area contributed by atoms with Crippen LogP contribution in [0.1, 0.15) is 705 Å². The molecule has 2 saturated carbocycles. The molecule has 4 rings (SSSR count). The van der Waals surface area contributed by atoms with E-state index in [-0.39, 0.29) is 97.8 Å². The molecule has 9 unspecified atom stereocenters. The summed E-state index contributed by atoms with van der Waals surface area (Å²) >= 11 is 0. The van der Waals surface area contributed by atoms with Gasteiger partial charge in [-0.15, -0.1) is 5.11 Å². The van der Waals surface area contributed by atoms with Crippen LogP contribution in [0.25, 0.3) is 0 Å². The van der Waals surface area contributed by atoms with E-state index in [2.05, 4.69) is 396 Å². The highest BCUT2D eigenvalue weighted by Crippen LogP contribution is 2.41. The molecule has 0 bridgehead atoms. The number of Topliss-reactive ketones (excluding diaryl/α,β-unsaturated/α-hetero) is 1. The van der Waals surface area contributed by atoms with E-state index < -0.39 is 0 Å². The highest BCUT2D eigenvalue weighted by atomic mass is 16.5. The molecule has 13 heteroatoms. The van der Waals surface area contributed by atoms with Crippen LogP contribution in [0.2, 0.25) is 0 Å². The SMILES string of the molecule is CC(C)(C)C1CCCCC1.CC(C)(C)C1CCCCC1.CC(C)(C)CC(O)CC1=NCN=N1.CC(C)(C)CC1CCC(C)(C)O1.CC(O)CC(C)(C)C.CCC(O)CC(C)(C)C.CCC(O)CC(C)(C)C.CCC(O)CC(C)(C)C.CCC(O)CC(C)(C)C.CCC(O)CC(C)(C)C.CCC(O)CC(C)(C)C.CCCC(C)(C)C.CCCC(C)(C)C.CCCC(C)(C)C.CCCCC(=O)CCCC(C)(C)C.CCCCC(C)(C)C. The molecule has 3 fully saturated rings. The molecule has 0 aromatic carbocycles. The zero-order valence-corrected chi connectivity index (χ0v) is 115. The first-order chi connectivity index (χ1) is 66.3. The number of carbonyl (C=O) groups excluding carboxylic acids is 1. The highest BCUT2D eigenvalue weighted by molar-refractivity contribution is 5.83. The molecule has 0 amide bonds. The number of ether oxygens (including phenoxy) is 1. The lowest BCUT2D eigenvalue weighted by molar-refractivity contribution is -0.119. The average molecular weight is 2130 g/mol. The second-order valence-electron chi connectivity index (χ2n) is 65.0. The summed E-state index contributed by atoms with van der Waals surface area (Å²) in [5.41, 5.74) is 6.32. The van der Waals surface area contributed by atoms with Crippen LogP contribution >= 0.6 is 0 Å². The maximum Gasteiger partial charge on any atom is 0.152 e. The van der Waals surface area contributed by atoms with Crippen LogP contribution in [0.5, 0.6) is 0 Å². The van der Waals surface area contributed by atoms with Gasteiger partial charge in [0.2, 0.25) is 0 Å². The quantitative estimate of drug-likeness (QED) is 0.0370. The lowest BCUT2D eigenvalue weighted by Crippen LogP contribution is -2.23. The molecule has 0 radical (unpaired) electrons. The highest BCUT2D eigenvalue weighted by Gasteiger charge is 2.35. The summed E-state index contributed by atoms with van der Waals surface area (Å²) in [6.45, 7) is 136. The molecule has 0 aromatic rings. The number of unbranched alkanes of at least 4 members (excludes halogenated alkanes) is 2. The predicted molar refractivity (Wildman–Crippen MR) is 674 cm³/mol. The number of aliphatic hydroxyl groups excluding tert-OH is 8. The smallest absolute Gasteiger partial charge is 0.152 e. The number of carbonyl (C=O) groups is 1. The number of azo groups is 1. The second kappa shape index (κ2) is 88.3. The molecule has 912 valence electrons. The van der Waals surface area contributed by atoms with Crippen LogP contribution in [0.15, 0.2) is 15.2 Å². The summed E-state index contributed by atoms with van der Waals surface area (Å²) in [5.74, 6) is 3.13. The van der Waals surface area contributed by atoms with E-state index in [0.717, 1.165) is 140 Å². The van der Waals surface area contributed by atoms with Gasteiger partial charge < -0.3 is 45.6 Å². The van der Waals surface area contributed by atoms with E-state index >= 15 is 0 Å². The largest absolute Gasteiger partial charge is 0.393 e. The number of aliphatic imine (C=N–C) groups is 1. The van der Waals surface area contributed by atoms with E-state index in [1.54, 1.807) is 0 Å². The van der Waals surface area contributed by atoms with Crippen molar-refractivity contribution < 1.29 is 50.4 Å². The Morgan fingerprint density at radius 2 is 0.530 bits per heavy atom. The fraction of sp³-hybridized carbons (Fsp3) is 0.985. The Kier molecular flexibility index (Phi) is 102. The van der Waals surface area contributed by atoms with Crippen molar-refractivity contribution in [1.29, 1.82) is 0 Å². The average Bonchev–Trinajstić information content (AvgIpc) is 1.75. The molecule has 8 N–H and O–H groups in total. The first-order valence-corrected chi connectivity index (χ1v) is 61.9. The van der Waals surface area contributed by atoms with E-state index in [1.807, 2.05) is 48.5 Å². The van der Waals surface area contributed by atoms with Crippen molar-refractivity contribution >= 4 is 11.6 Å². The molecule has 0 aromatic heterocycles. The van der Waals surface area contributed by atoms with E-state index in [9.17, 15) is 40.5 Å². The van der Waals surface area contributed by atoms with Gasteiger partial charge in [0.25, 0.3) is 0 Å². The maximum atomic E-state index is 11.3. The Morgan fingerprint density at radius 1 is 0.295 bits per heavy atom. The van der Waals surface area contributed by atoms with Crippen LogP contribution in [0.4, 0.5) is 0 Å². The topological polar surface area (TPSA) is 225 Å². The summed E-state index contributed by atoms with van der Waals surface area (Å²) in [4.78, 5) is 15.3. The van der Waals surface area contributed by atoms with Crippen molar-refractivity contribution in [2.75, 3.05) is 6.67 Å². The molecule has 2 aliphatic carbocycles. The third kappa shape index (κ3) is 172. The second-order valence-corrected chi connectivity index (χ2v) is 65.0. The van der Waals surface area contributed by atoms with E-state index in [4.69, 9.17) is 9.84 Å². The number of hydrogen-bond acceptors (Lipinski definition) is 13. The molecule has 4 aliphatic rings. The molecule has 9 atom stereocenters. The number of hydrogen-bond donors (Lipinski definition) is 8. The van der Waals surface area contributed by atoms with Crippen LogP contribution in [-0.2, 0) is 9.53 Å². The van der Waals surface area contributed by atoms with Gasteiger partial charge in [0.1, 0.15) is 11.6 Å². The monoisotopic (exact) mass is 2130 g/mol. The summed E-state index contributed by atoms with van der Waals surface area (Å²) in [5, 5.41) is 81.3. The van der Waals surface area contributed by atoms with Gasteiger partial charge in [0.15, 0.2) is 6.67 Å². The van der Waals surface area contributed by atoms with E-state index in [1.165, 1.54) is 141 Å². The lowest BCUT2D eigenvalue weighted by Gasteiger charge is -2.33. The number of amidine groups is 1. The third-order valence-corrected chi connectivity index (χ3v) is 25.1. The van der Waals surface area contributed by atoms with Crippen LogP contribution in [0.3, 0.4) is 0 Å². The molecule has 0 spiro atoms. The summed E-state index contributed by atoms with van der Waals surface area (Å²) in [7, 11) is 0. The summed E-state index contributed by atoms with van der Waals surface area (Å²) in [6, 6.07) is 0. The number of nitrogens with zero attached hydrogens (tertiary/aromatic N) is 3. The Balaban J connectivity index is -0.000000135. The zero-order valence-electron chi connectivity index (χ0n) is 115. The first-order valence-electron chi connectivity index (χ1n) is 61.9. The Morgan fingerprint density at radius 3 is 0.671 bits per heavy atom. The molecule has 2 heterocycles. The minimum Gasteiger partial charge on any atom is -0.393 e. The van der Waals surface area contributed by atoms with Gasteiger partial charge in [-0.25, -0.2) is 4.99 Å². The Labute approximate surface area is 942 Å². The predicted octanol–water partition coefficient (Wildman–Crippen LogP) is 43.2. The van der Waals surface area contributed by atoms with Gasteiger partial charge >= 0.3 is 0 Å².